The Morgan fingerprint density at radius 3 is 2.52 bits per heavy atom. The predicted molar refractivity (Wildman–Crippen MR) is 121 cm³/mol. The van der Waals surface area contributed by atoms with Crippen LogP contribution in [0.5, 0.6) is 5.75 Å². The summed E-state index contributed by atoms with van der Waals surface area (Å²) in [6.45, 7) is 7.71. The van der Waals surface area contributed by atoms with E-state index in [4.69, 9.17) is 4.74 Å². The lowest BCUT2D eigenvalue weighted by Crippen LogP contribution is -2.52. The van der Waals surface area contributed by atoms with Gasteiger partial charge in [0.25, 0.3) is 0 Å². The van der Waals surface area contributed by atoms with E-state index in [0.29, 0.717) is 32.5 Å². The van der Waals surface area contributed by atoms with Crippen LogP contribution < -0.4 is 15.0 Å². The second-order valence-electron chi connectivity index (χ2n) is 8.70. The van der Waals surface area contributed by atoms with Crippen LogP contribution in [0.2, 0.25) is 0 Å². The molecule has 2 aliphatic heterocycles. The van der Waals surface area contributed by atoms with Crippen molar-refractivity contribution in [3.05, 3.63) is 59.7 Å². The molecule has 2 heterocycles. The predicted octanol–water partition coefficient (Wildman–Crippen LogP) is 4.29. The van der Waals surface area contributed by atoms with Gasteiger partial charge in [-0.1, -0.05) is 36.4 Å². The van der Waals surface area contributed by atoms with Crippen molar-refractivity contribution < 1.29 is 14.3 Å². The normalized spacial score (nSPS) is 19.9. The third-order valence-corrected chi connectivity index (χ3v) is 6.20. The molecule has 2 aliphatic rings. The van der Waals surface area contributed by atoms with Crippen molar-refractivity contribution in [2.45, 2.75) is 45.8 Å². The molecular formula is C25H31N3O3. The van der Waals surface area contributed by atoms with Gasteiger partial charge in [-0.2, -0.15) is 0 Å². The number of piperidine rings is 1. The minimum absolute atomic E-state index is 0.00138. The van der Waals surface area contributed by atoms with Gasteiger partial charge in [0.1, 0.15) is 11.9 Å². The maximum atomic E-state index is 13.3. The second-order valence-corrected chi connectivity index (χ2v) is 8.70. The monoisotopic (exact) mass is 421 g/mol. The molecule has 0 radical (unpaired) electrons. The van der Waals surface area contributed by atoms with Gasteiger partial charge in [-0.05, 0) is 56.9 Å². The lowest BCUT2D eigenvalue weighted by molar-refractivity contribution is -0.126. The van der Waals surface area contributed by atoms with Gasteiger partial charge in [0.15, 0.2) is 0 Å². The first-order chi connectivity index (χ1) is 14.9. The number of ether oxygens (including phenoxy) is 1. The molecule has 6 heteroatoms. The molecule has 31 heavy (non-hydrogen) atoms. The molecule has 6 nitrogen and oxygen atoms in total. The number of benzene rings is 2. The molecule has 0 aromatic heterocycles. The Balaban J connectivity index is 1.36. The number of amides is 3. The van der Waals surface area contributed by atoms with Crippen molar-refractivity contribution in [1.82, 2.24) is 10.2 Å². The Morgan fingerprint density at radius 1 is 1.10 bits per heavy atom. The van der Waals surface area contributed by atoms with Crippen LogP contribution in [0.3, 0.4) is 0 Å². The maximum absolute atomic E-state index is 13.3. The molecule has 164 valence electrons. The van der Waals surface area contributed by atoms with Gasteiger partial charge in [0, 0.05) is 19.0 Å². The van der Waals surface area contributed by atoms with Gasteiger partial charge in [-0.15, -0.1) is 0 Å². The summed E-state index contributed by atoms with van der Waals surface area (Å²) >= 11 is 0. The number of fused-ring (bicyclic) bond motifs is 1. The van der Waals surface area contributed by atoms with Gasteiger partial charge < -0.3 is 15.0 Å². The van der Waals surface area contributed by atoms with Crippen LogP contribution >= 0.6 is 0 Å². The summed E-state index contributed by atoms with van der Waals surface area (Å²) in [5, 5.41) is 3.13. The summed E-state index contributed by atoms with van der Waals surface area (Å²) < 4.78 is 5.91. The van der Waals surface area contributed by atoms with E-state index in [2.05, 4.69) is 5.32 Å². The van der Waals surface area contributed by atoms with Gasteiger partial charge in [0.05, 0.1) is 18.3 Å². The number of anilines is 1. The molecule has 0 unspecified atom stereocenters. The van der Waals surface area contributed by atoms with Crippen molar-refractivity contribution in [1.29, 1.82) is 0 Å². The molecule has 0 bridgehead atoms. The van der Waals surface area contributed by atoms with E-state index in [0.717, 1.165) is 22.6 Å². The third-order valence-electron chi connectivity index (χ3n) is 6.20. The number of hydrogen-bond donors (Lipinski definition) is 1. The summed E-state index contributed by atoms with van der Waals surface area (Å²) in [6.07, 6.45) is 1.31. The Kier molecular flexibility index (Phi) is 6.16. The van der Waals surface area contributed by atoms with Crippen molar-refractivity contribution in [3.63, 3.8) is 0 Å². The smallest absolute Gasteiger partial charge is 0.324 e. The topological polar surface area (TPSA) is 61.9 Å². The van der Waals surface area contributed by atoms with E-state index < -0.39 is 0 Å². The van der Waals surface area contributed by atoms with Crippen molar-refractivity contribution >= 4 is 17.6 Å². The summed E-state index contributed by atoms with van der Waals surface area (Å²) in [7, 11) is 0. The van der Waals surface area contributed by atoms with E-state index in [1.54, 1.807) is 0 Å². The lowest BCUT2D eigenvalue weighted by atomic mass is 9.95. The SMILES string of the molecule is Cc1ccc2c(c1)N(C(=O)N1CCC(C(=O)N[C@H](C)c3ccccc3)CC1)C[C@H](C)O2. The lowest BCUT2D eigenvalue weighted by Gasteiger charge is -2.39. The Morgan fingerprint density at radius 2 is 1.81 bits per heavy atom. The Labute approximate surface area is 184 Å². The zero-order chi connectivity index (χ0) is 22.0. The van der Waals surface area contributed by atoms with E-state index in [1.165, 1.54) is 0 Å². The quantitative estimate of drug-likeness (QED) is 0.804. The van der Waals surface area contributed by atoms with E-state index in [-0.39, 0.29) is 30.0 Å². The highest BCUT2D eigenvalue weighted by Gasteiger charge is 2.34. The molecule has 0 aliphatic carbocycles. The zero-order valence-corrected chi connectivity index (χ0v) is 18.5. The second kappa shape index (κ2) is 9.00. The summed E-state index contributed by atoms with van der Waals surface area (Å²) in [5.74, 6) is 0.764. The molecule has 2 aromatic carbocycles. The molecular weight excluding hydrogens is 390 g/mol. The Hall–Kier alpha value is -3.02. The fourth-order valence-electron chi connectivity index (χ4n) is 4.39. The van der Waals surface area contributed by atoms with Crippen LogP contribution in [0.15, 0.2) is 48.5 Å². The largest absolute Gasteiger partial charge is 0.487 e. The molecule has 1 saturated heterocycles. The van der Waals surface area contributed by atoms with Crippen LogP contribution in [-0.4, -0.2) is 42.6 Å². The van der Waals surface area contributed by atoms with Crippen molar-refractivity contribution in [3.8, 4) is 5.75 Å². The van der Waals surface area contributed by atoms with Crippen LogP contribution in [-0.2, 0) is 4.79 Å². The van der Waals surface area contributed by atoms with Gasteiger partial charge in [-0.25, -0.2) is 4.79 Å². The Bertz CT molecular complexity index is 938. The number of nitrogens with zero attached hydrogens (tertiary/aromatic N) is 2. The molecule has 0 spiro atoms. The fraction of sp³-hybridized carbons (Fsp3) is 0.440. The molecule has 4 rings (SSSR count). The van der Waals surface area contributed by atoms with Crippen molar-refractivity contribution in [2.24, 2.45) is 5.92 Å². The van der Waals surface area contributed by atoms with E-state index in [1.807, 2.05) is 79.1 Å². The minimum Gasteiger partial charge on any atom is -0.487 e. The highest BCUT2D eigenvalue weighted by Crippen LogP contribution is 2.35. The number of likely N-dealkylation sites (tertiary alicyclic amines) is 1. The van der Waals surface area contributed by atoms with Gasteiger partial charge in [-0.3, -0.25) is 9.69 Å². The van der Waals surface area contributed by atoms with Crippen LogP contribution in [0.1, 0.15) is 43.9 Å². The van der Waals surface area contributed by atoms with Gasteiger partial charge in [0.2, 0.25) is 5.91 Å². The standard InChI is InChI=1S/C25H31N3O3/c1-17-9-10-23-22(15-17)28(16-18(2)31-23)25(30)27-13-11-21(12-14-27)24(29)26-19(3)20-7-5-4-6-8-20/h4-10,15,18-19,21H,11-14,16H2,1-3H3,(H,26,29)/t18-,19+/m0/s1. The van der Waals surface area contributed by atoms with Crippen molar-refractivity contribution in [2.75, 3.05) is 24.5 Å². The molecule has 3 amide bonds. The zero-order valence-electron chi connectivity index (χ0n) is 18.5. The average molecular weight is 422 g/mol. The number of hydrogen-bond acceptors (Lipinski definition) is 3. The highest BCUT2D eigenvalue weighted by atomic mass is 16.5. The number of aryl methyl sites for hydroxylation is 1. The number of nitrogens with one attached hydrogen (secondary N) is 1. The summed E-state index contributed by atoms with van der Waals surface area (Å²) in [6, 6.07) is 15.9. The summed E-state index contributed by atoms with van der Waals surface area (Å²) in [5.41, 5.74) is 3.02. The number of carbonyl (C=O) groups is 2. The van der Waals surface area contributed by atoms with Crippen LogP contribution in [0, 0.1) is 12.8 Å². The first kappa shape index (κ1) is 21.2. The minimum atomic E-state index is -0.0617. The molecule has 1 fully saturated rings. The molecule has 2 aromatic rings. The fourth-order valence-corrected chi connectivity index (χ4v) is 4.39. The van der Waals surface area contributed by atoms with Crippen LogP contribution in [0.25, 0.3) is 0 Å². The first-order valence-corrected chi connectivity index (χ1v) is 11.1. The van der Waals surface area contributed by atoms with E-state index in [9.17, 15) is 9.59 Å². The van der Waals surface area contributed by atoms with Crippen LogP contribution in [0.4, 0.5) is 10.5 Å². The number of rotatable bonds is 3. The molecule has 0 saturated carbocycles. The number of urea groups is 1. The first-order valence-electron chi connectivity index (χ1n) is 11.1. The summed E-state index contributed by atoms with van der Waals surface area (Å²) in [4.78, 5) is 29.8. The van der Waals surface area contributed by atoms with Gasteiger partial charge >= 0.3 is 6.03 Å². The average Bonchev–Trinajstić information content (AvgIpc) is 2.79. The molecule has 2 atom stereocenters. The maximum Gasteiger partial charge on any atom is 0.324 e. The number of carbonyl (C=O) groups excluding carboxylic acids is 2. The van der Waals surface area contributed by atoms with E-state index >= 15 is 0 Å². The highest BCUT2D eigenvalue weighted by molar-refractivity contribution is 5.94. The molecule has 1 N–H and O–H groups in total. The third kappa shape index (κ3) is 4.68.